The van der Waals surface area contributed by atoms with Crippen LogP contribution in [0.3, 0.4) is 0 Å². The summed E-state index contributed by atoms with van der Waals surface area (Å²) < 4.78 is 5.86. The molecule has 2 aliphatic heterocycles. The van der Waals surface area contributed by atoms with Gasteiger partial charge in [-0.15, -0.1) is 32.2 Å². The van der Waals surface area contributed by atoms with Crippen LogP contribution in [0.4, 0.5) is 5.82 Å². The summed E-state index contributed by atoms with van der Waals surface area (Å²) in [5, 5.41) is 27.7. The summed E-state index contributed by atoms with van der Waals surface area (Å²) >= 11 is 1.93. The van der Waals surface area contributed by atoms with Crippen molar-refractivity contribution in [3.8, 4) is 11.6 Å². The van der Waals surface area contributed by atoms with E-state index < -0.39 is 0 Å². The first-order valence-corrected chi connectivity index (χ1v) is 12.3. The number of thioether (sulfide) groups is 1. The number of fused-ring (bicyclic) bond motifs is 1. The van der Waals surface area contributed by atoms with Gasteiger partial charge in [0.15, 0.2) is 5.82 Å². The van der Waals surface area contributed by atoms with E-state index in [0.29, 0.717) is 23.9 Å². The third kappa shape index (κ3) is 4.17. The van der Waals surface area contributed by atoms with Gasteiger partial charge in [-0.3, -0.25) is 4.98 Å². The molecule has 1 spiro atoms. The van der Waals surface area contributed by atoms with E-state index in [1.807, 2.05) is 48.2 Å². The monoisotopic (exact) mass is 472 g/mol. The molecule has 172 valence electrons. The van der Waals surface area contributed by atoms with Crippen LogP contribution in [0.5, 0.6) is 0 Å². The van der Waals surface area contributed by atoms with Gasteiger partial charge in [-0.1, -0.05) is 24.3 Å². The minimum atomic E-state index is -0.388. The summed E-state index contributed by atoms with van der Waals surface area (Å²) in [5.41, 5.74) is 2.63. The summed E-state index contributed by atoms with van der Waals surface area (Å²) in [5.74, 6) is 1.72. The lowest BCUT2D eigenvalue weighted by atomic mass is 9.87. The lowest BCUT2D eigenvalue weighted by Crippen LogP contribution is -2.44. The first-order chi connectivity index (χ1) is 16.7. The first kappa shape index (κ1) is 21.2. The summed E-state index contributed by atoms with van der Waals surface area (Å²) in [6.45, 7) is 1.76. The number of benzene rings is 1. The minimum Gasteiger partial charge on any atom is -0.419 e. The zero-order valence-electron chi connectivity index (χ0n) is 18.5. The molecular formula is C25H24N6O2S. The third-order valence-electron chi connectivity index (χ3n) is 6.58. The Hall–Kier alpha value is -3.30. The van der Waals surface area contributed by atoms with Crippen molar-refractivity contribution in [2.75, 3.05) is 18.0 Å². The van der Waals surface area contributed by atoms with E-state index in [1.165, 1.54) is 4.90 Å². The highest BCUT2D eigenvalue weighted by Crippen LogP contribution is 2.52. The summed E-state index contributed by atoms with van der Waals surface area (Å²) in [7, 11) is 0. The number of pyridine rings is 1. The van der Waals surface area contributed by atoms with E-state index in [4.69, 9.17) is 4.42 Å². The van der Waals surface area contributed by atoms with Gasteiger partial charge in [0, 0.05) is 35.1 Å². The fraction of sp³-hybridized carbons (Fsp3) is 0.320. The van der Waals surface area contributed by atoms with Gasteiger partial charge in [-0.05, 0) is 54.7 Å². The Kier molecular flexibility index (Phi) is 5.50. The zero-order valence-corrected chi connectivity index (χ0v) is 19.4. The van der Waals surface area contributed by atoms with Crippen molar-refractivity contribution < 1.29 is 9.52 Å². The third-order valence-corrected chi connectivity index (χ3v) is 8.18. The Morgan fingerprint density at radius 3 is 2.68 bits per heavy atom. The first-order valence-electron chi connectivity index (χ1n) is 11.4. The second-order valence-electron chi connectivity index (χ2n) is 8.85. The predicted molar refractivity (Wildman–Crippen MR) is 128 cm³/mol. The zero-order chi connectivity index (χ0) is 23.0. The van der Waals surface area contributed by atoms with E-state index in [1.54, 1.807) is 12.4 Å². The number of hydrogen-bond donors (Lipinski definition) is 1. The number of aliphatic hydroxyl groups excluding tert-OH is 1. The van der Waals surface area contributed by atoms with Crippen LogP contribution in [0.25, 0.3) is 11.6 Å². The van der Waals surface area contributed by atoms with E-state index in [-0.39, 0.29) is 10.9 Å². The van der Waals surface area contributed by atoms with Crippen LogP contribution < -0.4 is 4.90 Å². The van der Waals surface area contributed by atoms with Crippen LogP contribution in [-0.2, 0) is 6.42 Å². The molecule has 0 bridgehead atoms. The molecule has 9 heteroatoms. The van der Waals surface area contributed by atoms with Crippen molar-refractivity contribution in [1.29, 1.82) is 0 Å². The summed E-state index contributed by atoms with van der Waals surface area (Å²) in [6.07, 6.45) is 6.44. The molecule has 0 radical (unpaired) electrons. The van der Waals surface area contributed by atoms with Crippen LogP contribution >= 0.6 is 11.8 Å². The average molecular weight is 473 g/mol. The van der Waals surface area contributed by atoms with Gasteiger partial charge in [0.05, 0.1) is 12.5 Å². The van der Waals surface area contributed by atoms with E-state index in [2.05, 4.69) is 42.4 Å². The smallest absolute Gasteiger partial charge is 0.268 e. The van der Waals surface area contributed by atoms with E-state index in [0.717, 1.165) is 49.3 Å². The summed E-state index contributed by atoms with van der Waals surface area (Å²) in [4.78, 5) is 7.58. The molecule has 2 aliphatic rings. The van der Waals surface area contributed by atoms with Crippen LogP contribution in [0.1, 0.15) is 42.4 Å². The molecular weight excluding hydrogens is 448 g/mol. The Labute approximate surface area is 201 Å². The number of hydrogen-bond acceptors (Lipinski definition) is 9. The molecule has 1 unspecified atom stereocenters. The predicted octanol–water partition coefficient (Wildman–Crippen LogP) is 4.08. The topological polar surface area (TPSA) is 101 Å². The number of rotatable bonds is 4. The Bertz CT molecular complexity index is 1270. The number of aromatic nitrogens is 5. The molecule has 0 saturated carbocycles. The highest BCUT2D eigenvalue weighted by Gasteiger charge is 2.41. The van der Waals surface area contributed by atoms with Crippen molar-refractivity contribution in [3.05, 3.63) is 77.9 Å². The van der Waals surface area contributed by atoms with Crippen molar-refractivity contribution in [2.45, 2.75) is 41.4 Å². The Morgan fingerprint density at radius 2 is 1.88 bits per heavy atom. The molecule has 1 saturated heterocycles. The van der Waals surface area contributed by atoms with Crippen LogP contribution in [0.2, 0.25) is 0 Å². The number of nitrogens with zero attached hydrogens (tertiary/aromatic N) is 6. The van der Waals surface area contributed by atoms with Gasteiger partial charge in [-0.2, -0.15) is 0 Å². The van der Waals surface area contributed by atoms with Gasteiger partial charge in [0.25, 0.3) is 5.89 Å². The van der Waals surface area contributed by atoms with Gasteiger partial charge in [0.2, 0.25) is 5.89 Å². The number of aliphatic hydroxyl groups is 1. The van der Waals surface area contributed by atoms with Crippen molar-refractivity contribution in [2.24, 2.45) is 0 Å². The number of anilines is 1. The molecule has 1 aromatic carbocycles. The quantitative estimate of drug-likeness (QED) is 0.471. The van der Waals surface area contributed by atoms with E-state index in [9.17, 15) is 5.11 Å². The van der Waals surface area contributed by atoms with Gasteiger partial charge in [0.1, 0.15) is 5.69 Å². The fourth-order valence-corrected chi connectivity index (χ4v) is 6.31. The normalized spacial score (nSPS) is 19.2. The van der Waals surface area contributed by atoms with E-state index >= 15 is 0 Å². The molecule has 0 aliphatic carbocycles. The highest BCUT2D eigenvalue weighted by molar-refractivity contribution is 8.00. The molecule has 1 N–H and O–H groups in total. The van der Waals surface area contributed by atoms with Crippen molar-refractivity contribution in [1.82, 2.24) is 25.4 Å². The molecule has 4 aromatic rings. The largest absolute Gasteiger partial charge is 0.419 e. The van der Waals surface area contributed by atoms with Crippen LogP contribution in [0, 0.1) is 0 Å². The van der Waals surface area contributed by atoms with Crippen molar-refractivity contribution in [3.63, 3.8) is 0 Å². The number of piperidine rings is 1. The molecule has 1 atom stereocenters. The Balaban J connectivity index is 1.11. The molecule has 1 fully saturated rings. The maximum atomic E-state index is 10.7. The second-order valence-corrected chi connectivity index (χ2v) is 10.4. The van der Waals surface area contributed by atoms with Crippen LogP contribution in [-0.4, -0.2) is 48.3 Å². The summed E-state index contributed by atoms with van der Waals surface area (Å²) in [6, 6.07) is 15.9. The van der Waals surface area contributed by atoms with Gasteiger partial charge >= 0.3 is 0 Å². The molecule has 0 amide bonds. The highest BCUT2D eigenvalue weighted by atomic mass is 32.2. The second kappa shape index (κ2) is 8.81. The van der Waals surface area contributed by atoms with Crippen LogP contribution in [0.15, 0.2) is 70.2 Å². The molecule has 6 rings (SSSR count). The van der Waals surface area contributed by atoms with Crippen molar-refractivity contribution >= 4 is 17.6 Å². The lowest BCUT2D eigenvalue weighted by Gasteiger charge is -2.45. The Morgan fingerprint density at radius 1 is 1.00 bits per heavy atom. The molecule has 34 heavy (non-hydrogen) atoms. The fourth-order valence-electron chi connectivity index (χ4n) is 4.75. The maximum absolute atomic E-state index is 10.7. The minimum absolute atomic E-state index is 0.0755. The standard InChI is InChI=1S/C25H24N6O2S/c32-20-15-25(34-21-6-2-1-5-18(20)21)9-12-31(13-10-25)22-8-7-19(27-28-22)24-30-29-23(33-24)14-17-4-3-11-26-16-17/h1-8,11,16,20,32H,9-10,12-15H2. The van der Waals surface area contributed by atoms with Gasteiger partial charge in [-0.25, -0.2) is 0 Å². The molecule has 3 aromatic heterocycles. The molecule has 5 heterocycles. The SMILES string of the molecule is OC1CC2(CCN(c3ccc(-c4nnc(Cc5cccnc5)o4)nn3)CC2)Sc2ccccc21. The molecule has 8 nitrogen and oxygen atoms in total. The lowest BCUT2D eigenvalue weighted by molar-refractivity contribution is 0.139. The average Bonchev–Trinajstić information content (AvgIpc) is 3.34. The maximum Gasteiger partial charge on any atom is 0.268 e. The van der Waals surface area contributed by atoms with Gasteiger partial charge < -0.3 is 14.4 Å².